The fourth-order valence-corrected chi connectivity index (χ4v) is 7.09. The van der Waals surface area contributed by atoms with Gasteiger partial charge in [-0.1, -0.05) is 36.4 Å². The molecule has 1 aliphatic rings. The quantitative estimate of drug-likeness (QED) is 0.543. The summed E-state index contributed by atoms with van der Waals surface area (Å²) < 4.78 is 34.4. The summed E-state index contributed by atoms with van der Waals surface area (Å²) in [4.78, 5) is 0.335. The average Bonchev–Trinajstić information content (AvgIpc) is 3.18. The van der Waals surface area contributed by atoms with Crippen molar-refractivity contribution in [3.8, 4) is 5.75 Å². The normalized spacial score (nSPS) is 18.1. The molecule has 4 nitrogen and oxygen atoms in total. The van der Waals surface area contributed by atoms with Crippen LogP contribution in [-0.4, -0.2) is 32.1 Å². The Labute approximate surface area is 171 Å². The van der Waals surface area contributed by atoms with Crippen LogP contribution in [0.2, 0.25) is 0 Å². The molecule has 1 fully saturated rings. The lowest BCUT2D eigenvalue weighted by Crippen LogP contribution is -2.30. The number of thioether (sulfide) groups is 1. The molecule has 0 aromatic heterocycles. The van der Waals surface area contributed by atoms with Gasteiger partial charge in [-0.25, -0.2) is 8.42 Å². The molecule has 0 aliphatic carbocycles. The van der Waals surface area contributed by atoms with Crippen molar-refractivity contribution in [1.29, 1.82) is 0 Å². The van der Waals surface area contributed by atoms with E-state index >= 15 is 0 Å². The number of halogens is 1. The summed E-state index contributed by atoms with van der Waals surface area (Å²) in [7, 11) is -1.98. The Morgan fingerprint density at radius 1 is 1.07 bits per heavy atom. The molecule has 0 radical (unpaired) electrons. The van der Waals surface area contributed by atoms with E-state index in [1.165, 1.54) is 0 Å². The monoisotopic (exact) mass is 463 g/mol. The Hall–Kier alpha value is -1.54. The van der Waals surface area contributed by atoms with Crippen molar-refractivity contribution in [2.45, 2.75) is 10.3 Å². The lowest BCUT2D eigenvalue weighted by atomic mass is 10.1. The Balaban J connectivity index is 1.72. The van der Waals surface area contributed by atoms with Crippen LogP contribution < -0.4 is 4.74 Å². The molecule has 0 unspecified atom stereocenters. The Morgan fingerprint density at radius 2 is 1.85 bits per heavy atom. The van der Waals surface area contributed by atoms with Crippen LogP contribution in [0.4, 0.5) is 0 Å². The predicted molar refractivity (Wildman–Crippen MR) is 114 cm³/mol. The zero-order valence-electron chi connectivity index (χ0n) is 14.6. The second kappa shape index (κ2) is 7.47. The third-order valence-electron chi connectivity index (χ3n) is 4.64. The van der Waals surface area contributed by atoms with E-state index in [4.69, 9.17) is 4.74 Å². The van der Waals surface area contributed by atoms with Crippen molar-refractivity contribution < 1.29 is 13.2 Å². The molecule has 1 saturated heterocycles. The van der Waals surface area contributed by atoms with Crippen molar-refractivity contribution >= 4 is 48.5 Å². The predicted octanol–water partition coefficient (Wildman–Crippen LogP) is 5.05. The van der Waals surface area contributed by atoms with E-state index in [1.54, 1.807) is 35.3 Å². The SMILES string of the molecule is COc1ccc([C@H]2SCCN2S(=O)(=O)c2ccc3ccccc3c2)cc1Br. The van der Waals surface area contributed by atoms with Crippen molar-refractivity contribution in [3.63, 3.8) is 0 Å². The van der Waals surface area contributed by atoms with E-state index in [1.807, 2.05) is 48.5 Å². The van der Waals surface area contributed by atoms with Crippen molar-refractivity contribution in [3.05, 3.63) is 70.7 Å². The highest BCUT2D eigenvalue weighted by Crippen LogP contribution is 2.43. The fourth-order valence-electron chi connectivity index (χ4n) is 3.26. The molecule has 3 aromatic carbocycles. The number of fused-ring (bicyclic) bond motifs is 1. The minimum absolute atomic E-state index is 0.247. The molecule has 1 heterocycles. The summed E-state index contributed by atoms with van der Waals surface area (Å²) in [5, 5.41) is 1.71. The number of benzene rings is 3. The first kappa shape index (κ1) is 18.8. The van der Waals surface area contributed by atoms with E-state index in [2.05, 4.69) is 15.9 Å². The lowest BCUT2D eigenvalue weighted by molar-refractivity contribution is 0.410. The van der Waals surface area contributed by atoms with Gasteiger partial charge < -0.3 is 4.74 Å². The van der Waals surface area contributed by atoms with Crippen LogP contribution in [0.1, 0.15) is 10.9 Å². The van der Waals surface area contributed by atoms with E-state index in [9.17, 15) is 8.42 Å². The van der Waals surface area contributed by atoms with Gasteiger partial charge in [-0.2, -0.15) is 4.31 Å². The van der Waals surface area contributed by atoms with E-state index < -0.39 is 10.0 Å². The van der Waals surface area contributed by atoms with Gasteiger partial charge in [0.2, 0.25) is 10.0 Å². The lowest BCUT2D eigenvalue weighted by Gasteiger charge is -2.24. The third-order valence-corrected chi connectivity index (χ3v) is 8.51. The summed E-state index contributed by atoms with van der Waals surface area (Å²) in [6, 6.07) is 18.8. The van der Waals surface area contributed by atoms with Crippen molar-refractivity contribution in [2.24, 2.45) is 0 Å². The van der Waals surface area contributed by atoms with Crippen LogP contribution in [0.25, 0.3) is 10.8 Å². The molecule has 0 N–H and O–H groups in total. The van der Waals surface area contributed by atoms with Gasteiger partial charge in [-0.3, -0.25) is 0 Å². The minimum atomic E-state index is -3.59. The van der Waals surface area contributed by atoms with Crippen LogP contribution in [-0.2, 0) is 10.0 Å². The Kier molecular flexibility index (Phi) is 5.20. The number of sulfonamides is 1. The standard InChI is InChI=1S/C20H18BrNO3S2/c1-25-19-9-7-16(13-18(19)21)20-22(10-11-26-20)27(23,24)17-8-6-14-4-2-3-5-15(14)12-17/h2-9,12-13,20H,10-11H2,1H3/t20-/m1/s1. The first-order valence-corrected chi connectivity index (χ1v) is 11.7. The van der Waals surface area contributed by atoms with Gasteiger partial charge in [0.1, 0.15) is 5.75 Å². The zero-order valence-corrected chi connectivity index (χ0v) is 17.9. The fraction of sp³-hybridized carbons (Fsp3) is 0.200. The Bertz CT molecular complexity index is 1100. The smallest absolute Gasteiger partial charge is 0.244 e. The van der Waals surface area contributed by atoms with Gasteiger partial charge in [0.25, 0.3) is 0 Å². The zero-order chi connectivity index (χ0) is 19.0. The summed E-state index contributed by atoms with van der Waals surface area (Å²) in [5.41, 5.74) is 0.939. The van der Waals surface area contributed by atoms with Crippen LogP contribution in [0.15, 0.2) is 70.0 Å². The number of hydrogen-bond donors (Lipinski definition) is 0. The molecule has 4 rings (SSSR count). The highest BCUT2D eigenvalue weighted by Gasteiger charge is 2.37. The molecule has 1 aliphatic heterocycles. The largest absolute Gasteiger partial charge is 0.496 e. The summed E-state index contributed by atoms with van der Waals surface area (Å²) in [5.74, 6) is 1.49. The molecular weight excluding hydrogens is 446 g/mol. The molecule has 7 heteroatoms. The third kappa shape index (κ3) is 3.49. The van der Waals surface area contributed by atoms with E-state index in [0.29, 0.717) is 11.4 Å². The van der Waals surface area contributed by atoms with Gasteiger partial charge in [-0.15, -0.1) is 11.8 Å². The summed E-state index contributed by atoms with van der Waals surface area (Å²) in [6.07, 6.45) is 0. The maximum absolute atomic E-state index is 13.3. The second-order valence-electron chi connectivity index (χ2n) is 6.24. The van der Waals surface area contributed by atoms with Crippen LogP contribution in [0, 0.1) is 0 Å². The molecule has 0 bridgehead atoms. The topological polar surface area (TPSA) is 46.6 Å². The number of hydrogen-bond acceptors (Lipinski definition) is 4. The second-order valence-corrected chi connectivity index (χ2v) is 10.2. The molecule has 0 spiro atoms. The van der Waals surface area contributed by atoms with Crippen molar-refractivity contribution in [1.82, 2.24) is 4.31 Å². The average molecular weight is 464 g/mol. The van der Waals surface area contributed by atoms with E-state index in [0.717, 1.165) is 32.3 Å². The maximum Gasteiger partial charge on any atom is 0.244 e. The maximum atomic E-state index is 13.3. The number of ether oxygens (including phenoxy) is 1. The molecule has 140 valence electrons. The Morgan fingerprint density at radius 3 is 2.59 bits per heavy atom. The minimum Gasteiger partial charge on any atom is -0.496 e. The highest BCUT2D eigenvalue weighted by atomic mass is 79.9. The first-order chi connectivity index (χ1) is 13.0. The number of nitrogens with zero attached hydrogens (tertiary/aromatic N) is 1. The molecule has 3 aromatic rings. The van der Waals surface area contributed by atoms with Gasteiger partial charge in [0.05, 0.1) is 21.9 Å². The van der Waals surface area contributed by atoms with Gasteiger partial charge >= 0.3 is 0 Å². The van der Waals surface area contributed by atoms with Crippen LogP contribution in [0.5, 0.6) is 5.75 Å². The van der Waals surface area contributed by atoms with Gasteiger partial charge in [0.15, 0.2) is 0 Å². The van der Waals surface area contributed by atoms with Gasteiger partial charge in [-0.05, 0) is 56.5 Å². The van der Waals surface area contributed by atoms with Crippen molar-refractivity contribution in [2.75, 3.05) is 19.4 Å². The highest BCUT2D eigenvalue weighted by molar-refractivity contribution is 9.10. The van der Waals surface area contributed by atoms with Crippen LogP contribution >= 0.6 is 27.7 Å². The van der Waals surface area contributed by atoms with Gasteiger partial charge in [0, 0.05) is 12.3 Å². The summed E-state index contributed by atoms with van der Waals surface area (Å²) in [6.45, 7) is 0.494. The number of methoxy groups -OCH3 is 1. The molecule has 0 saturated carbocycles. The van der Waals surface area contributed by atoms with Crippen LogP contribution in [0.3, 0.4) is 0 Å². The molecule has 27 heavy (non-hydrogen) atoms. The molecule has 1 atom stereocenters. The molecule has 0 amide bonds. The van der Waals surface area contributed by atoms with E-state index in [-0.39, 0.29) is 5.37 Å². The first-order valence-electron chi connectivity index (χ1n) is 8.46. The molecular formula is C20H18BrNO3S2. The summed E-state index contributed by atoms with van der Waals surface area (Å²) >= 11 is 5.13. The number of rotatable bonds is 4.